The van der Waals surface area contributed by atoms with Crippen molar-refractivity contribution < 1.29 is 9.21 Å². The molecule has 144 valence electrons. The third-order valence-electron chi connectivity index (χ3n) is 5.07. The molecule has 1 fully saturated rings. The Bertz CT molecular complexity index is 1120. The molecule has 0 N–H and O–H groups in total. The fourth-order valence-corrected chi connectivity index (χ4v) is 4.05. The Morgan fingerprint density at radius 2 is 1.86 bits per heavy atom. The summed E-state index contributed by atoms with van der Waals surface area (Å²) in [6.45, 7) is 4.41. The molecule has 0 atom stereocenters. The molecule has 1 aromatic heterocycles. The molecule has 0 unspecified atom stereocenters. The molecular weight excluding hydrogens is 444 g/mol. The van der Waals surface area contributed by atoms with Gasteiger partial charge in [0.25, 0.3) is 5.91 Å². The molecule has 0 spiro atoms. The van der Waals surface area contributed by atoms with Crippen LogP contribution in [0.1, 0.15) is 15.9 Å². The molecule has 4 rings (SSSR count). The Balaban J connectivity index is 1.54. The number of nitrogens with zero attached hydrogens (tertiary/aromatic N) is 2. The van der Waals surface area contributed by atoms with E-state index in [9.17, 15) is 9.59 Å². The maximum atomic E-state index is 12.9. The van der Waals surface area contributed by atoms with Gasteiger partial charge >= 0.3 is 5.63 Å². The minimum atomic E-state index is -0.604. The fourth-order valence-electron chi connectivity index (χ4n) is 3.50. The molecule has 2 aromatic carbocycles. The van der Waals surface area contributed by atoms with Crippen molar-refractivity contribution >= 4 is 50.1 Å². The average Bonchev–Trinajstić information content (AvgIpc) is 2.69. The Morgan fingerprint density at radius 3 is 2.61 bits per heavy atom. The van der Waals surface area contributed by atoms with E-state index in [1.807, 2.05) is 31.2 Å². The van der Waals surface area contributed by atoms with E-state index in [-0.39, 0.29) is 11.5 Å². The van der Waals surface area contributed by atoms with Crippen molar-refractivity contribution in [3.8, 4) is 0 Å². The molecular formula is C21H18BrClN2O3. The van der Waals surface area contributed by atoms with Crippen LogP contribution >= 0.6 is 27.5 Å². The normalized spacial score (nSPS) is 14.5. The molecule has 1 aliphatic heterocycles. The number of hydrogen-bond acceptors (Lipinski definition) is 4. The summed E-state index contributed by atoms with van der Waals surface area (Å²) in [5, 5.41) is 1.45. The number of carbonyl (C=O) groups is 1. The standard InChI is InChI=1S/C21H18BrClN2O3/c1-13-17(23)3-2-4-18(13)24-7-9-25(10-8-24)20(26)16-12-14-11-15(22)5-6-19(14)28-21(16)27/h2-6,11-12H,7-10H2,1H3. The van der Waals surface area contributed by atoms with Crippen LogP contribution in [0.25, 0.3) is 11.0 Å². The largest absolute Gasteiger partial charge is 0.422 e. The van der Waals surface area contributed by atoms with E-state index in [0.717, 1.165) is 20.7 Å². The number of anilines is 1. The monoisotopic (exact) mass is 460 g/mol. The summed E-state index contributed by atoms with van der Waals surface area (Å²) in [7, 11) is 0. The first-order valence-electron chi connectivity index (χ1n) is 8.97. The smallest absolute Gasteiger partial charge is 0.349 e. The van der Waals surface area contributed by atoms with Crippen LogP contribution in [0, 0.1) is 6.92 Å². The highest BCUT2D eigenvalue weighted by molar-refractivity contribution is 9.10. The minimum absolute atomic E-state index is 0.0676. The van der Waals surface area contributed by atoms with E-state index in [2.05, 4.69) is 20.8 Å². The second-order valence-electron chi connectivity index (χ2n) is 6.79. The van der Waals surface area contributed by atoms with Crippen LogP contribution in [0.3, 0.4) is 0 Å². The first-order valence-corrected chi connectivity index (χ1v) is 10.1. The summed E-state index contributed by atoms with van der Waals surface area (Å²) in [4.78, 5) is 29.2. The van der Waals surface area contributed by atoms with Gasteiger partial charge in [-0.2, -0.15) is 0 Å². The lowest BCUT2D eigenvalue weighted by atomic mass is 10.1. The van der Waals surface area contributed by atoms with Gasteiger partial charge in [-0.1, -0.05) is 33.6 Å². The topological polar surface area (TPSA) is 53.8 Å². The summed E-state index contributed by atoms with van der Waals surface area (Å²) in [6.07, 6.45) is 0. The molecule has 0 bridgehead atoms. The zero-order chi connectivity index (χ0) is 19.8. The lowest BCUT2D eigenvalue weighted by Gasteiger charge is -2.36. The van der Waals surface area contributed by atoms with Gasteiger partial charge in [-0.3, -0.25) is 4.79 Å². The van der Waals surface area contributed by atoms with Gasteiger partial charge in [0.05, 0.1) is 0 Å². The quantitative estimate of drug-likeness (QED) is 0.528. The van der Waals surface area contributed by atoms with Crippen LogP contribution in [0.4, 0.5) is 5.69 Å². The third-order valence-corrected chi connectivity index (χ3v) is 5.97. The minimum Gasteiger partial charge on any atom is -0.422 e. The molecule has 1 aliphatic rings. The van der Waals surface area contributed by atoms with E-state index >= 15 is 0 Å². The maximum absolute atomic E-state index is 12.9. The van der Waals surface area contributed by atoms with E-state index in [0.29, 0.717) is 37.1 Å². The van der Waals surface area contributed by atoms with Gasteiger partial charge in [-0.25, -0.2) is 4.79 Å². The van der Waals surface area contributed by atoms with Gasteiger partial charge in [0.2, 0.25) is 0 Å². The van der Waals surface area contributed by atoms with Crippen molar-refractivity contribution in [2.45, 2.75) is 6.92 Å². The van der Waals surface area contributed by atoms with Crippen LogP contribution in [0.15, 0.2) is 56.1 Å². The zero-order valence-corrected chi connectivity index (χ0v) is 17.6. The highest BCUT2D eigenvalue weighted by Gasteiger charge is 2.25. The molecule has 7 heteroatoms. The molecule has 2 heterocycles. The summed E-state index contributed by atoms with van der Waals surface area (Å²) in [5.74, 6) is -0.293. The molecule has 3 aromatic rings. The van der Waals surface area contributed by atoms with Crippen molar-refractivity contribution in [2.75, 3.05) is 31.1 Å². The van der Waals surface area contributed by atoms with Crippen molar-refractivity contribution in [2.24, 2.45) is 0 Å². The number of benzene rings is 2. The Morgan fingerprint density at radius 1 is 1.11 bits per heavy atom. The Labute approximate surface area is 175 Å². The molecule has 0 aliphatic carbocycles. The number of fused-ring (bicyclic) bond motifs is 1. The number of rotatable bonds is 2. The SMILES string of the molecule is Cc1c(Cl)cccc1N1CCN(C(=O)c2cc3cc(Br)ccc3oc2=O)CC1. The molecule has 0 saturated carbocycles. The average molecular weight is 462 g/mol. The van der Waals surface area contributed by atoms with E-state index < -0.39 is 5.63 Å². The van der Waals surface area contributed by atoms with Crippen LogP contribution in [0.2, 0.25) is 5.02 Å². The van der Waals surface area contributed by atoms with Crippen LogP contribution in [-0.2, 0) is 0 Å². The lowest BCUT2D eigenvalue weighted by Crippen LogP contribution is -2.49. The lowest BCUT2D eigenvalue weighted by molar-refractivity contribution is 0.0742. The van der Waals surface area contributed by atoms with Gasteiger partial charge in [-0.15, -0.1) is 0 Å². The van der Waals surface area contributed by atoms with Crippen molar-refractivity contribution in [1.82, 2.24) is 4.90 Å². The maximum Gasteiger partial charge on any atom is 0.349 e. The van der Waals surface area contributed by atoms with Crippen LogP contribution < -0.4 is 10.5 Å². The molecule has 28 heavy (non-hydrogen) atoms. The number of amides is 1. The van der Waals surface area contributed by atoms with Crippen molar-refractivity contribution in [3.63, 3.8) is 0 Å². The van der Waals surface area contributed by atoms with Crippen LogP contribution in [0.5, 0.6) is 0 Å². The van der Waals surface area contributed by atoms with Gasteiger partial charge < -0.3 is 14.2 Å². The van der Waals surface area contributed by atoms with Gasteiger partial charge in [-0.05, 0) is 48.9 Å². The number of hydrogen-bond donors (Lipinski definition) is 0. The van der Waals surface area contributed by atoms with Gasteiger partial charge in [0, 0.05) is 46.7 Å². The van der Waals surface area contributed by atoms with E-state index in [1.165, 1.54) is 0 Å². The Hall–Kier alpha value is -2.31. The predicted molar refractivity (Wildman–Crippen MR) is 114 cm³/mol. The third kappa shape index (κ3) is 3.54. The second kappa shape index (κ2) is 7.60. The van der Waals surface area contributed by atoms with Crippen molar-refractivity contribution in [3.05, 3.63) is 73.5 Å². The number of piperazine rings is 1. The summed E-state index contributed by atoms with van der Waals surface area (Å²) < 4.78 is 6.19. The molecule has 0 radical (unpaired) electrons. The molecule has 1 amide bonds. The first kappa shape index (κ1) is 19.0. The fraction of sp³-hybridized carbons (Fsp3) is 0.238. The number of carbonyl (C=O) groups excluding carboxylic acids is 1. The zero-order valence-electron chi connectivity index (χ0n) is 15.2. The first-order chi connectivity index (χ1) is 13.4. The highest BCUT2D eigenvalue weighted by Crippen LogP contribution is 2.27. The van der Waals surface area contributed by atoms with Crippen molar-refractivity contribution in [1.29, 1.82) is 0 Å². The van der Waals surface area contributed by atoms with Gasteiger partial charge in [0.1, 0.15) is 11.1 Å². The summed E-state index contributed by atoms with van der Waals surface area (Å²) in [5.41, 5.74) is 2.04. The van der Waals surface area contributed by atoms with Crippen LogP contribution in [-0.4, -0.2) is 37.0 Å². The summed E-state index contributed by atoms with van der Waals surface area (Å²) >= 11 is 9.63. The Kier molecular flexibility index (Phi) is 5.17. The predicted octanol–water partition coefficient (Wildman–Crippen LogP) is 4.48. The molecule has 1 saturated heterocycles. The summed E-state index contributed by atoms with van der Waals surface area (Å²) in [6, 6.07) is 12.8. The van der Waals surface area contributed by atoms with Gasteiger partial charge in [0.15, 0.2) is 0 Å². The number of halogens is 2. The van der Waals surface area contributed by atoms with E-state index in [1.54, 1.807) is 23.1 Å². The second-order valence-corrected chi connectivity index (χ2v) is 8.12. The highest BCUT2D eigenvalue weighted by atomic mass is 79.9. The molecule has 5 nitrogen and oxygen atoms in total. The van der Waals surface area contributed by atoms with E-state index in [4.69, 9.17) is 16.0 Å².